The van der Waals surface area contributed by atoms with Gasteiger partial charge in [-0.3, -0.25) is 0 Å². The highest BCUT2D eigenvalue weighted by molar-refractivity contribution is 5.88. The van der Waals surface area contributed by atoms with E-state index in [1.807, 2.05) is 84.9 Å². The van der Waals surface area contributed by atoms with Crippen LogP contribution in [0, 0.1) is 0 Å². The molecule has 0 saturated carbocycles. The van der Waals surface area contributed by atoms with Gasteiger partial charge in [0.25, 0.3) is 0 Å². The van der Waals surface area contributed by atoms with Gasteiger partial charge in [-0.15, -0.1) is 0 Å². The molecule has 1 aliphatic heterocycles. The van der Waals surface area contributed by atoms with Crippen molar-refractivity contribution in [2.75, 3.05) is 5.73 Å². The summed E-state index contributed by atoms with van der Waals surface area (Å²) >= 11 is 0. The highest BCUT2D eigenvalue weighted by Crippen LogP contribution is 2.59. The van der Waals surface area contributed by atoms with Crippen molar-refractivity contribution in [3.63, 3.8) is 0 Å². The molecule has 9 aromatic carbocycles. The zero-order chi connectivity index (χ0) is 42.6. The number of hydrogen-bond acceptors (Lipinski definition) is 6. The van der Waals surface area contributed by atoms with Crippen molar-refractivity contribution in [2.45, 2.75) is 5.41 Å². The lowest BCUT2D eigenvalue weighted by Crippen LogP contribution is -2.28. The van der Waals surface area contributed by atoms with E-state index in [2.05, 4.69) is 133 Å². The Hall–Kier alpha value is -8.61. The molecule has 6 heteroatoms. The number of anilines is 1. The number of ether oxygens (including phenoxy) is 2. The van der Waals surface area contributed by atoms with Gasteiger partial charge in [-0.1, -0.05) is 170 Å². The first-order valence-corrected chi connectivity index (χ1v) is 21.4. The molecule has 10 aromatic rings. The van der Waals surface area contributed by atoms with E-state index in [4.69, 9.17) is 30.2 Å². The minimum atomic E-state index is -0.537. The summed E-state index contributed by atoms with van der Waals surface area (Å²) in [6, 6.07) is 75.1. The van der Waals surface area contributed by atoms with Crippen LogP contribution in [0.3, 0.4) is 0 Å². The van der Waals surface area contributed by atoms with E-state index in [1.165, 1.54) is 22.3 Å². The predicted molar refractivity (Wildman–Crippen MR) is 255 cm³/mol. The maximum absolute atomic E-state index is 6.79. The number of fused-ring (bicyclic) bond motifs is 5. The van der Waals surface area contributed by atoms with E-state index < -0.39 is 5.41 Å². The fourth-order valence-electron chi connectivity index (χ4n) is 9.44. The second-order valence-corrected chi connectivity index (χ2v) is 16.2. The van der Waals surface area contributed by atoms with Gasteiger partial charge in [-0.25, -0.2) is 15.0 Å². The van der Waals surface area contributed by atoms with Gasteiger partial charge in [0.15, 0.2) is 40.5 Å². The molecule has 64 heavy (non-hydrogen) atoms. The number of aromatic nitrogens is 3. The fraction of sp³-hybridized carbons (Fsp3) is 0.0172. The van der Waals surface area contributed by atoms with Gasteiger partial charge in [-0.2, -0.15) is 0 Å². The molecule has 0 bridgehead atoms. The largest absolute Gasteiger partial charge is 0.450 e. The van der Waals surface area contributed by atoms with Gasteiger partial charge in [0.05, 0.1) is 5.41 Å². The van der Waals surface area contributed by atoms with Gasteiger partial charge in [0.2, 0.25) is 0 Å². The van der Waals surface area contributed by atoms with Crippen LogP contribution in [-0.2, 0) is 5.41 Å². The molecule has 0 spiro atoms. The summed E-state index contributed by atoms with van der Waals surface area (Å²) in [5.74, 6) is 4.41. The predicted octanol–water partition coefficient (Wildman–Crippen LogP) is 14.0. The Bertz CT molecular complexity index is 3370. The van der Waals surface area contributed by atoms with E-state index in [0.717, 1.165) is 50.1 Å². The summed E-state index contributed by atoms with van der Waals surface area (Å²) in [7, 11) is 0. The molecule has 0 fully saturated rings. The molecular weight excluding hydrogens is 785 g/mol. The third-order valence-electron chi connectivity index (χ3n) is 12.4. The number of benzene rings is 9. The lowest BCUT2D eigenvalue weighted by molar-refractivity contribution is 0.359. The van der Waals surface area contributed by atoms with Crippen LogP contribution in [0.25, 0.3) is 67.5 Å². The van der Waals surface area contributed by atoms with Gasteiger partial charge >= 0.3 is 0 Å². The standard InChI is InChI=1S/C58H38N4O2/c59-46-26-14-19-40(33-46)38-17-12-20-42(31-38)56-60-55(37-15-4-1-5-16-37)61-57(62-56)43-21-13-18-39(32-43)41-29-30-51-52(34-41)64-53-35-48-47-27-10-11-28-49(47)58(44-22-6-2-7-23-44,45-24-8-3-9-25-45)50(48)36-54(53)63-51/h1-36H,59H2. The molecule has 0 saturated heterocycles. The van der Waals surface area contributed by atoms with Gasteiger partial charge in [0.1, 0.15) is 0 Å². The minimum Gasteiger partial charge on any atom is -0.450 e. The molecule has 302 valence electrons. The molecule has 2 N–H and O–H groups in total. The van der Waals surface area contributed by atoms with Crippen molar-refractivity contribution >= 4 is 5.69 Å². The molecule has 1 aliphatic carbocycles. The third kappa shape index (κ3) is 6.23. The highest BCUT2D eigenvalue weighted by atomic mass is 16.6. The smallest absolute Gasteiger partial charge is 0.170 e. The second kappa shape index (κ2) is 15.1. The molecule has 2 heterocycles. The van der Waals surface area contributed by atoms with Crippen LogP contribution in [-0.4, -0.2) is 15.0 Å². The SMILES string of the molecule is Nc1cccc(-c2cccc(-c3nc(-c4ccccc4)nc(-c4cccc(-c5ccc6c(c5)Oc5cc7c(cc5O6)C(c5ccccc5)(c5ccccc5)c5ccccc5-7)c4)n3)c2)c1. The summed E-state index contributed by atoms with van der Waals surface area (Å²) in [5.41, 5.74) is 20.1. The molecule has 0 amide bonds. The minimum absolute atomic E-state index is 0.537. The second-order valence-electron chi connectivity index (χ2n) is 16.2. The molecule has 2 aliphatic rings. The first kappa shape index (κ1) is 37.2. The summed E-state index contributed by atoms with van der Waals surface area (Å²) < 4.78 is 13.5. The molecule has 0 radical (unpaired) electrons. The van der Waals surface area contributed by atoms with Crippen molar-refractivity contribution in [2.24, 2.45) is 0 Å². The van der Waals surface area contributed by atoms with Crippen LogP contribution in [0.4, 0.5) is 5.69 Å². The maximum Gasteiger partial charge on any atom is 0.170 e. The van der Waals surface area contributed by atoms with E-state index in [9.17, 15) is 0 Å². The summed E-state index contributed by atoms with van der Waals surface area (Å²) in [5, 5.41) is 0. The summed E-state index contributed by atoms with van der Waals surface area (Å²) in [6.07, 6.45) is 0. The van der Waals surface area contributed by atoms with E-state index in [0.29, 0.717) is 46.2 Å². The van der Waals surface area contributed by atoms with E-state index in [-0.39, 0.29) is 0 Å². The Labute approximate surface area is 371 Å². The van der Waals surface area contributed by atoms with Crippen molar-refractivity contribution < 1.29 is 9.47 Å². The zero-order valence-electron chi connectivity index (χ0n) is 34.5. The summed E-state index contributed by atoms with van der Waals surface area (Å²) in [6.45, 7) is 0. The van der Waals surface area contributed by atoms with Gasteiger partial charge < -0.3 is 15.2 Å². The Kier molecular flexibility index (Phi) is 8.76. The summed E-state index contributed by atoms with van der Waals surface area (Å²) in [4.78, 5) is 15.1. The Balaban J connectivity index is 0.916. The number of nitrogens with zero attached hydrogens (tertiary/aromatic N) is 3. The lowest BCUT2D eigenvalue weighted by Gasteiger charge is -2.34. The normalized spacial score (nSPS) is 12.8. The van der Waals surface area contributed by atoms with Crippen LogP contribution < -0.4 is 15.2 Å². The number of hydrogen-bond donors (Lipinski definition) is 1. The van der Waals surface area contributed by atoms with Crippen LogP contribution >= 0.6 is 0 Å². The molecular formula is C58H38N4O2. The topological polar surface area (TPSA) is 83.2 Å². The quantitative estimate of drug-likeness (QED) is 0.161. The van der Waals surface area contributed by atoms with Crippen LogP contribution in [0.5, 0.6) is 23.0 Å². The molecule has 0 atom stereocenters. The Morgan fingerprint density at radius 2 is 0.781 bits per heavy atom. The number of nitrogen functional groups attached to an aromatic ring is 1. The van der Waals surface area contributed by atoms with E-state index >= 15 is 0 Å². The number of rotatable bonds is 7. The molecule has 1 aromatic heterocycles. The van der Waals surface area contributed by atoms with Crippen LogP contribution in [0.2, 0.25) is 0 Å². The average Bonchev–Trinajstić information content (AvgIpc) is 3.65. The fourth-order valence-corrected chi connectivity index (χ4v) is 9.44. The molecule has 0 unspecified atom stereocenters. The third-order valence-corrected chi connectivity index (χ3v) is 12.4. The highest BCUT2D eigenvalue weighted by Gasteiger charge is 2.47. The average molecular weight is 823 g/mol. The monoisotopic (exact) mass is 822 g/mol. The molecule has 12 rings (SSSR count). The molecule has 6 nitrogen and oxygen atoms in total. The Morgan fingerprint density at radius 3 is 1.42 bits per heavy atom. The Morgan fingerprint density at radius 1 is 0.312 bits per heavy atom. The van der Waals surface area contributed by atoms with Crippen molar-refractivity contribution in [3.05, 3.63) is 241 Å². The number of nitrogens with two attached hydrogens (primary N) is 1. The lowest BCUT2D eigenvalue weighted by atomic mass is 9.67. The van der Waals surface area contributed by atoms with Crippen LogP contribution in [0.15, 0.2) is 218 Å². The van der Waals surface area contributed by atoms with Crippen molar-refractivity contribution in [1.82, 2.24) is 15.0 Å². The van der Waals surface area contributed by atoms with Gasteiger partial charge in [0, 0.05) is 22.4 Å². The van der Waals surface area contributed by atoms with Crippen LogP contribution in [0.1, 0.15) is 22.3 Å². The van der Waals surface area contributed by atoms with Crippen molar-refractivity contribution in [1.29, 1.82) is 0 Å². The van der Waals surface area contributed by atoms with Gasteiger partial charge in [-0.05, 0) is 104 Å². The maximum atomic E-state index is 6.79. The zero-order valence-corrected chi connectivity index (χ0v) is 34.5. The first-order valence-electron chi connectivity index (χ1n) is 21.4. The van der Waals surface area contributed by atoms with Crippen molar-refractivity contribution in [3.8, 4) is 90.5 Å². The van der Waals surface area contributed by atoms with E-state index in [1.54, 1.807) is 0 Å². The first-order chi connectivity index (χ1) is 31.6.